The van der Waals surface area contributed by atoms with Crippen LogP contribution in [0.5, 0.6) is 0 Å². The molecule has 2 aliphatic rings. The van der Waals surface area contributed by atoms with Gasteiger partial charge in [-0.1, -0.05) is 0 Å². The second-order valence-electron chi connectivity index (χ2n) is 5.26. The van der Waals surface area contributed by atoms with Gasteiger partial charge >= 0.3 is 0 Å². The van der Waals surface area contributed by atoms with Crippen molar-refractivity contribution in [3.8, 4) is 0 Å². The average molecular weight is 306 g/mol. The molecule has 3 rings (SSSR count). The molecule has 1 aromatic carbocycles. The third-order valence-corrected chi connectivity index (χ3v) is 3.82. The number of hydrogen-bond acceptors (Lipinski definition) is 5. The second-order valence-corrected chi connectivity index (χ2v) is 5.26. The van der Waals surface area contributed by atoms with E-state index in [0.717, 1.165) is 19.2 Å². The van der Waals surface area contributed by atoms with E-state index >= 15 is 0 Å². The average Bonchev–Trinajstić information content (AvgIpc) is 2.97. The van der Waals surface area contributed by atoms with E-state index in [4.69, 9.17) is 0 Å². The van der Waals surface area contributed by atoms with E-state index in [0.29, 0.717) is 30.9 Å². The summed E-state index contributed by atoms with van der Waals surface area (Å²) in [6, 6.07) is 2.98. The SMILES string of the molecule is O=C=C(N1CCNCC1)N1N=CCC1c1cc(F)cc(F)c1. The summed E-state index contributed by atoms with van der Waals surface area (Å²) in [6.45, 7) is 2.87. The number of hydrazone groups is 1. The van der Waals surface area contributed by atoms with Gasteiger partial charge < -0.3 is 10.2 Å². The number of benzene rings is 1. The van der Waals surface area contributed by atoms with E-state index in [1.54, 1.807) is 6.21 Å². The molecule has 116 valence electrons. The molecule has 0 bridgehead atoms. The summed E-state index contributed by atoms with van der Waals surface area (Å²) in [4.78, 5) is 13.3. The summed E-state index contributed by atoms with van der Waals surface area (Å²) in [5.74, 6) is 0.966. The summed E-state index contributed by atoms with van der Waals surface area (Å²) in [5.41, 5.74) is 0.456. The van der Waals surface area contributed by atoms with Crippen molar-refractivity contribution in [1.82, 2.24) is 15.2 Å². The van der Waals surface area contributed by atoms with Crippen LogP contribution >= 0.6 is 0 Å². The van der Waals surface area contributed by atoms with Crippen molar-refractivity contribution in [2.75, 3.05) is 26.2 Å². The van der Waals surface area contributed by atoms with Crippen LogP contribution in [0.25, 0.3) is 0 Å². The highest BCUT2D eigenvalue weighted by atomic mass is 19.1. The molecule has 1 unspecified atom stereocenters. The molecule has 7 heteroatoms. The highest BCUT2D eigenvalue weighted by Crippen LogP contribution is 2.32. The van der Waals surface area contributed by atoms with Gasteiger partial charge in [-0.2, -0.15) is 5.10 Å². The molecular weight excluding hydrogens is 290 g/mol. The Hall–Kier alpha value is -2.24. The molecule has 0 spiro atoms. The van der Waals surface area contributed by atoms with Crippen LogP contribution in [-0.2, 0) is 4.79 Å². The van der Waals surface area contributed by atoms with Crippen LogP contribution < -0.4 is 5.32 Å². The third kappa shape index (κ3) is 2.86. The van der Waals surface area contributed by atoms with Crippen LogP contribution in [-0.4, -0.2) is 48.2 Å². The van der Waals surface area contributed by atoms with E-state index in [1.165, 1.54) is 17.1 Å². The summed E-state index contributed by atoms with van der Waals surface area (Å²) in [7, 11) is 0. The lowest BCUT2D eigenvalue weighted by Gasteiger charge is -2.35. The number of rotatable bonds is 3. The first-order valence-corrected chi connectivity index (χ1v) is 7.17. The summed E-state index contributed by atoms with van der Waals surface area (Å²) < 4.78 is 26.9. The first-order valence-electron chi connectivity index (χ1n) is 7.17. The van der Waals surface area contributed by atoms with Crippen LogP contribution in [0.3, 0.4) is 0 Å². The fraction of sp³-hybridized carbons (Fsp3) is 0.400. The Kier molecular flexibility index (Phi) is 4.18. The Morgan fingerprint density at radius 2 is 1.91 bits per heavy atom. The summed E-state index contributed by atoms with van der Waals surface area (Å²) in [6.07, 6.45) is 2.13. The first-order chi connectivity index (χ1) is 10.7. The molecule has 22 heavy (non-hydrogen) atoms. The van der Waals surface area contributed by atoms with Crippen LogP contribution in [0.4, 0.5) is 8.78 Å². The Morgan fingerprint density at radius 3 is 2.55 bits per heavy atom. The van der Waals surface area contributed by atoms with E-state index in [-0.39, 0.29) is 0 Å². The number of halogens is 2. The third-order valence-electron chi connectivity index (χ3n) is 3.82. The topological polar surface area (TPSA) is 47.9 Å². The Balaban J connectivity index is 1.88. The highest BCUT2D eigenvalue weighted by Gasteiger charge is 2.30. The van der Waals surface area contributed by atoms with Crippen molar-refractivity contribution in [3.63, 3.8) is 0 Å². The van der Waals surface area contributed by atoms with Gasteiger partial charge in [-0.15, -0.1) is 0 Å². The van der Waals surface area contributed by atoms with Crippen molar-refractivity contribution >= 4 is 12.2 Å². The summed E-state index contributed by atoms with van der Waals surface area (Å²) >= 11 is 0. The first kappa shape index (κ1) is 14.7. The minimum absolute atomic E-state index is 0.310. The lowest BCUT2D eigenvalue weighted by molar-refractivity contribution is 0.174. The van der Waals surface area contributed by atoms with E-state index < -0.39 is 17.7 Å². The molecule has 1 N–H and O–H groups in total. The Morgan fingerprint density at radius 1 is 1.23 bits per heavy atom. The van der Waals surface area contributed by atoms with Gasteiger partial charge in [0.15, 0.2) is 5.94 Å². The molecule has 1 atom stereocenters. The van der Waals surface area contributed by atoms with Gasteiger partial charge in [-0.05, 0) is 17.7 Å². The number of nitrogens with one attached hydrogen (secondary N) is 1. The van der Waals surface area contributed by atoms with Crippen LogP contribution in [0, 0.1) is 11.6 Å². The maximum Gasteiger partial charge on any atom is 0.212 e. The molecule has 2 heterocycles. The molecule has 0 amide bonds. The van der Waals surface area contributed by atoms with Gasteiger partial charge in [0.2, 0.25) is 5.82 Å². The molecular formula is C15H16F2N4O. The van der Waals surface area contributed by atoms with E-state index in [2.05, 4.69) is 10.4 Å². The minimum atomic E-state index is -0.638. The van der Waals surface area contributed by atoms with Gasteiger partial charge in [0.05, 0.1) is 6.04 Å². The molecule has 0 aromatic heterocycles. The van der Waals surface area contributed by atoms with E-state index in [9.17, 15) is 13.6 Å². The lowest BCUT2D eigenvalue weighted by Crippen LogP contribution is -2.46. The number of hydrogen-bond donors (Lipinski definition) is 1. The number of nitrogens with zero attached hydrogens (tertiary/aromatic N) is 3. The molecule has 0 radical (unpaired) electrons. The van der Waals surface area contributed by atoms with Crippen LogP contribution in [0.1, 0.15) is 18.0 Å². The van der Waals surface area contributed by atoms with Gasteiger partial charge in [-0.25, -0.2) is 18.6 Å². The second kappa shape index (κ2) is 6.25. The fourth-order valence-electron chi connectivity index (χ4n) is 2.80. The van der Waals surface area contributed by atoms with Gasteiger partial charge in [-0.3, -0.25) is 0 Å². The molecule has 1 saturated heterocycles. The standard InChI is InChI=1S/C15H16F2N4O/c16-12-7-11(8-13(17)9-12)14-1-2-19-21(14)15(10-22)20-5-3-18-4-6-20/h2,7-9,14,18H,1,3-6H2. The molecule has 1 fully saturated rings. The lowest BCUT2D eigenvalue weighted by atomic mass is 10.0. The van der Waals surface area contributed by atoms with Gasteiger partial charge in [0, 0.05) is 44.9 Å². The minimum Gasteiger partial charge on any atom is -0.345 e. The molecule has 0 aliphatic carbocycles. The van der Waals surface area contributed by atoms with Crippen molar-refractivity contribution in [2.45, 2.75) is 12.5 Å². The molecule has 0 saturated carbocycles. The van der Waals surface area contributed by atoms with Crippen molar-refractivity contribution in [2.24, 2.45) is 5.10 Å². The van der Waals surface area contributed by atoms with E-state index in [1.807, 2.05) is 10.8 Å². The Bertz CT molecular complexity index is 616. The van der Waals surface area contributed by atoms with Crippen LogP contribution in [0.15, 0.2) is 29.1 Å². The van der Waals surface area contributed by atoms with Crippen molar-refractivity contribution in [3.05, 3.63) is 41.2 Å². The van der Waals surface area contributed by atoms with Gasteiger partial charge in [0.25, 0.3) is 0 Å². The predicted molar refractivity (Wildman–Crippen MR) is 77.7 cm³/mol. The number of piperazine rings is 1. The normalized spacial score (nSPS) is 21.1. The monoisotopic (exact) mass is 306 g/mol. The largest absolute Gasteiger partial charge is 0.345 e. The zero-order chi connectivity index (χ0) is 15.5. The zero-order valence-corrected chi connectivity index (χ0v) is 11.9. The van der Waals surface area contributed by atoms with Crippen molar-refractivity contribution in [1.29, 1.82) is 0 Å². The predicted octanol–water partition coefficient (Wildman–Crippen LogP) is 1.28. The maximum absolute atomic E-state index is 13.4. The molecule has 5 nitrogen and oxygen atoms in total. The molecule has 2 aliphatic heterocycles. The van der Waals surface area contributed by atoms with Crippen molar-refractivity contribution < 1.29 is 13.6 Å². The number of carbonyl (C=O) groups excluding carboxylic acids is 1. The summed E-state index contributed by atoms with van der Waals surface area (Å²) in [5, 5.41) is 8.91. The maximum atomic E-state index is 13.4. The van der Waals surface area contributed by atoms with Gasteiger partial charge in [0.1, 0.15) is 11.6 Å². The zero-order valence-electron chi connectivity index (χ0n) is 11.9. The quantitative estimate of drug-likeness (QED) is 0.855. The Labute approximate surface area is 126 Å². The fourth-order valence-corrected chi connectivity index (χ4v) is 2.80. The van der Waals surface area contributed by atoms with Crippen LogP contribution in [0.2, 0.25) is 0 Å². The molecule has 1 aromatic rings. The highest BCUT2D eigenvalue weighted by molar-refractivity contribution is 5.63. The smallest absolute Gasteiger partial charge is 0.212 e.